The first-order valence-electron chi connectivity index (χ1n) is 5.49. The summed E-state index contributed by atoms with van der Waals surface area (Å²) in [7, 11) is 0. The molecule has 16 heavy (non-hydrogen) atoms. The van der Waals surface area contributed by atoms with Gasteiger partial charge >= 0.3 is 0 Å². The maximum atomic E-state index is 8.64. The van der Waals surface area contributed by atoms with Gasteiger partial charge in [-0.15, -0.1) is 11.3 Å². The zero-order valence-electron chi connectivity index (χ0n) is 10.4. The van der Waals surface area contributed by atoms with Crippen LogP contribution in [0.2, 0.25) is 0 Å². The lowest BCUT2D eigenvalue weighted by molar-refractivity contribution is 0.585. The molecule has 0 amide bonds. The highest BCUT2D eigenvalue weighted by Crippen LogP contribution is 2.26. The molecule has 0 saturated heterocycles. The van der Waals surface area contributed by atoms with Crippen molar-refractivity contribution in [3.63, 3.8) is 0 Å². The smallest absolute Gasteiger partial charge is 0.0981 e. The van der Waals surface area contributed by atoms with E-state index in [-0.39, 0.29) is 11.3 Å². The summed E-state index contributed by atoms with van der Waals surface area (Å²) in [5.41, 5.74) is 0.128. The van der Waals surface area contributed by atoms with Crippen LogP contribution in [0, 0.1) is 17.2 Å². The summed E-state index contributed by atoms with van der Waals surface area (Å²) in [5, 5.41) is 13.1. The lowest BCUT2D eigenvalue weighted by Crippen LogP contribution is -2.19. The number of nitrogens with zero attached hydrogens (tertiary/aromatic N) is 2. The molecule has 1 N–H and O–H groups in total. The summed E-state index contributed by atoms with van der Waals surface area (Å²) in [5.74, 6) is 0.0648. The minimum absolute atomic E-state index is 0.0648. The maximum absolute atomic E-state index is 8.64. The molecule has 0 aliphatic rings. The van der Waals surface area contributed by atoms with Crippen LogP contribution in [-0.4, -0.2) is 11.5 Å². The molecule has 1 heterocycles. The molecule has 3 nitrogen and oxygen atoms in total. The lowest BCUT2D eigenvalue weighted by atomic mass is 9.98. The van der Waals surface area contributed by atoms with E-state index in [0.717, 1.165) is 18.1 Å². The Morgan fingerprint density at radius 2 is 2.25 bits per heavy atom. The van der Waals surface area contributed by atoms with Crippen molar-refractivity contribution >= 4 is 11.3 Å². The van der Waals surface area contributed by atoms with Crippen molar-refractivity contribution in [3.05, 3.63) is 16.1 Å². The largest absolute Gasteiger partial charge is 0.311 e. The van der Waals surface area contributed by atoms with E-state index in [1.54, 1.807) is 11.3 Å². The van der Waals surface area contributed by atoms with E-state index in [2.05, 4.69) is 37.1 Å². The number of rotatable bonds is 4. The monoisotopic (exact) mass is 237 g/mol. The molecule has 0 fully saturated rings. The molecule has 1 unspecified atom stereocenters. The summed E-state index contributed by atoms with van der Waals surface area (Å²) in [6, 6.07) is 2.21. The average Bonchev–Trinajstić information content (AvgIpc) is 2.65. The fraction of sp³-hybridized carbons (Fsp3) is 0.667. The number of hydrogen-bond acceptors (Lipinski definition) is 4. The molecule has 1 aromatic heterocycles. The predicted octanol–water partition coefficient (Wildman–Crippen LogP) is 2.69. The van der Waals surface area contributed by atoms with Crippen LogP contribution in [0.15, 0.2) is 6.20 Å². The number of aromatic nitrogens is 1. The molecule has 0 aliphatic carbocycles. The Morgan fingerprint density at radius 3 is 2.75 bits per heavy atom. The van der Waals surface area contributed by atoms with Gasteiger partial charge < -0.3 is 5.32 Å². The molecule has 0 aromatic carbocycles. The molecule has 1 atom stereocenters. The van der Waals surface area contributed by atoms with Crippen LogP contribution in [0.4, 0.5) is 0 Å². The van der Waals surface area contributed by atoms with E-state index in [1.807, 2.05) is 13.1 Å². The van der Waals surface area contributed by atoms with Gasteiger partial charge in [0, 0.05) is 29.6 Å². The van der Waals surface area contributed by atoms with Gasteiger partial charge in [0.15, 0.2) is 0 Å². The van der Waals surface area contributed by atoms with Gasteiger partial charge in [-0.05, 0) is 6.92 Å². The van der Waals surface area contributed by atoms with E-state index in [9.17, 15) is 0 Å². The van der Waals surface area contributed by atoms with Crippen LogP contribution in [0.1, 0.15) is 37.6 Å². The lowest BCUT2D eigenvalue weighted by Gasteiger charge is -2.13. The molecule has 0 radical (unpaired) electrons. The third-order valence-electron chi connectivity index (χ3n) is 2.17. The maximum Gasteiger partial charge on any atom is 0.0981 e. The molecule has 0 bridgehead atoms. The highest BCUT2D eigenvalue weighted by Gasteiger charge is 2.17. The van der Waals surface area contributed by atoms with Crippen LogP contribution in [0.3, 0.4) is 0 Å². The SMILES string of the molecule is CC(C#N)CNCc1cnc(C(C)(C)C)s1. The van der Waals surface area contributed by atoms with Gasteiger partial charge in [-0.2, -0.15) is 5.26 Å². The Hall–Kier alpha value is -0.920. The first-order chi connectivity index (χ1) is 7.43. The van der Waals surface area contributed by atoms with Crippen LogP contribution < -0.4 is 5.32 Å². The van der Waals surface area contributed by atoms with Gasteiger partial charge in [0.2, 0.25) is 0 Å². The number of nitriles is 1. The highest BCUT2D eigenvalue weighted by atomic mass is 32.1. The second kappa shape index (κ2) is 5.42. The number of hydrogen-bond donors (Lipinski definition) is 1. The van der Waals surface area contributed by atoms with Crippen molar-refractivity contribution in [2.24, 2.45) is 5.92 Å². The van der Waals surface area contributed by atoms with Crippen molar-refractivity contribution in [1.82, 2.24) is 10.3 Å². The Balaban J connectivity index is 2.45. The molecular formula is C12H19N3S. The Labute approximate surface area is 102 Å². The topological polar surface area (TPSA) is 48.7 Å². The highest BCUT2D eigenvalue weighted by molar-refractivity contribution is 7.11. The average molecular weight is 237 g/mol. The first kappa shape index (κ1) is 13.1. The van der Waals surface area contributed by atoms with Crippen molar-refractivity contribution in [2.75, 3.05) is 6.54 Å². The third kappa shape index (κ3) is 3.92. The summed E-state index contributed by atoms with van der Waals surface area (Å²) in [4.78, 5) is 5.65. The first-order valence-corrected chi connectivity index (χ1v) is 6.30. The summed E-state index contributed by atoms with van der Waals surface area (Å²) < 4.78 is 0. The van der Waals surface area contributed by atoms with E-state index in [1.165, 1.54) is 4.88 Å². The van der Waals surface area contributed by atoms with Crippen LogP contribution in [0.25, 0.3) is 0 Å². The second-order valence-electron chi connectivity index (χ2n) is 5.04. The van der Waals surface area contributed by atoms with Crippen molar-refractivity contribution in [3.8, 4) is 6.07 Å². The summed E-state index contributed by atoms with van der Waals surface area (Å²) in [6.07, 6.45) is 1.93. The van der Waals surface area contributed by atoms with Gasteiger partial charge in [0.05, 0.1) is 17.0 Å². The van der Waals surface area contributed by atoms with Crippen molar-refractivity contribution in [2.45, 2.75) is 39.7 Å². The fourth-order valence-electron chi connectivity index (χ4n) is 1.19. The molecule has 0 aliphatic heterocycles. The molecular weight excluding hydrogens is 218 g/mol. The Morgan fingerprint density at radius 1 is 1.56 bits per heavy atom. The van der Waals surface area contributed by atoms with Crippen LogP contribution in [-0.2, 0) is 12.0 Å². The van der Waals surface area contributed by atoms with Crippen molar-refractivity contribution < 1.29 is 0 Å². The Kier molecular flexibility index (Phi) is 4.45. The second-order valence-corrected chi connectivity index (χ2v) is 6.16. The van der Waals surface area contributed by atoms with E-state index >= 15 is 0 Å². The number of nitrogens with one attached hydrogen (secondary N) is 1. The minimum Gasteiger partial charge on any atom is -0.311 e. The molecule has 1 aromatic rings. The zero-order chi connectivity index (χ0) is 12.2. The van der Waals surface area contributed by atoms with Crippen LogP contribution >= 0.6 is 11.3 Å². The fourth-order valence-corrected chi connectivity index (χ4v) is 2.13. The van der Waals surface area contributed by atoms with Gasteiger partial charge in [-0.25, -0.2) is 4.98 Å². The minimum atomic E-state index is 0.0648. The molecule has 88 valence electrons. The van der Waals surface area contributed by atoms with Gasteiger partial charge in [-0.3, -0.25) is 0 Å². The quantitative estimate of drug-likeness (QED) is 0.876. The van der Waals surface area contributed by atoms with Gasteiger partial charge in [0.1, 0.15) is 0 Å². The van der Waals surface area contributed by atoms with Crippen molar-refractivity contribution in [1.29, 1.82) is 5.26 Å². The third-order valence-corrected chi connectivity index (χ3v) is 3.59. The standard InChI is InChI=1S/C12H19N3S/c1-9(5-13)6-14-7-10-8-15-11(16-10)12(2,3)4/h8-9,14H,6-7H2,1-4H3. The number of thiazole rings is 1. The molecule has 4 heteroatoms. The van der Waals surface area contributed by atoms with E-state index in [0.29, 0.717) is 0 Å². The molecule has 0 spiro atoms. The van der Waals surface area contributed by atoms with E-state index < -0.39 is 0 Å². The normalized spacial score (nSPS) is 13.4. The summed E-state index contributed by atoms with van der Waals surface area (Å²) in [6.45, 7) is 9.96. The predicted molar refractivity (Wildman–Crippen MR) is 67.3 cm³/mol. The van der Waals surface area contributed by atoms with Gasteiger partial charge in [-0.1, -0.05) is 20.8 Å². The summed E-state index contributed by atoms with van der Waals surface area (Å²) >= 11 is 1.74. The van der Waals surface area contributed by atoms with E-state index in [4.69, 9.17) is 5.26 Å². The van der Waals surface area contributed by atoms with Gasteiger partial charge in [0.25, 0.3) is 0 Å². The molecule has 0 saturated carbocycles. The molecule has 1 rings (SSSR count). The Bertz CT molecular complexity index is 370. The zero-order valence-corrected chi connectivity index (χ0v) is 11.2. The van der Waals surface area contributed by atoms with Crippen LogP contribution in [0.5, 0.6) is 0 Å².